The summed E-state index contributed by atoms with van der Waals surface area (Å²) in [4.78, 5) is 26.5. The monoisotopic (exact) mass is 477 g/mol. The van der Waals surface area contributed by atoms with Gasteiger partial charge in [0, 0.05) is 31.4 Å². The van der Waals surface area contributed by atoms with Crippen molar-refractivity contribution in [2.45, 2.75) is 31.5 Å². The predicted octanol–water partition coefficient (Wildman–Crippen LogP) is 2.94. The Kier molecular flexibility index (Phi) is 6.70. The first kappa shape index (κ1) is 23.3. The maximum absolute atomic E-state index is 13.2. The van der Waals surface area contributed by atoms with Crippen molar-refractivity contribution in [3.8, 4) is 17.4 Å². The SMILES string of the molecule is COc1ccc2nccc(NC(=O)C3CCC(N(C)Cc4ccc5c(c4)OCCO5)CN3C)c2n1. The zero-order valence-electron chi connectivity index (χ0n) is 20.4. The lowest BCUT2D eigenvalue weighted by molar-refractivity contribution is -0.122. The second kappa shape index (κ2) is 10.1. The Morgan fingerprint density at radius 3 is 2.80 bits per heavy atom. The third-order valence-corrected chi connectivity index (χ3v) is 6.79. The van der Waals surface area contributed by atoms with Gasteiger partial charge in [0.1, 0.15) is 18.7 Å². The maximum atomic E-state index is 13.2. The molecule has 9 nitrogen and oxygen atoms in total. The highest BCUT2D eigenvalue weighted by molar-refractivity contribution is 6.01. The van der Waals surface area contributed by atoms with E-state index in [-0.39, 0.29) is 11.9 Å². The molecule has 1 fully saturated rings. The Morgan fingerprint density at radius 1 is 1.17 bits per heavy atom. The quantitative estimate of drug-likeness (QED) is 0.580. The Bertz CT molecular complexity index is 1220. The molecule has 2 aliphatic heterocycles. The summed E-state index contributed by atoms with van der Waals surface area (Å²) in [6.07, 6.45) is 3.39. The van der Waals surface area contributed by atoms with Crippen molar-refractivity contribution in [1.82, 2.24) is 19.8 Å². The first-order valence-corrected chi connectivity index (χ1v) is 11.9. The molecule has 1 amide bonds. The normalized spacial score (nSPS) is 20.1. The van der Waals surface area contributed by atoms with Gasteiger partial charge in [-0.3, -0.25) is 19.6 Å². The van der Waals surface area contributed by atoms with Crippen LogP contribution in [0.4, 0.5) is 5.69 Å². The minimum atomic E-state index is -0.206. The summed E-state index contributed by atoms with van der Waals surface area (Å²) in [6, 6.07) is 11.7. The summed E-state index contributed by atoms with van der Waals surface area (Å²) in [5.41, 5.74) is 3.16. The molecule has 0 aliphatic carbocycles. The number of ether oxygens (including phenoxy) is 3. The molecule has 1 N–H and O–H groups in total. The van der Waals surface area contributed by atoms with Crippen molar-refractivity contribution < 1.29 is 19.0 Å². The summed E-state index contributed by atoms with van der Waals surface area (Å²) >= 11 is 0. The van der Waals surface area contributed by atoms with Gasteiger partial charge in [-0.05, 0) is 56.8 Å². The number of aromatic nitrogens is 2. The van der Waals surface area contributed by atoms with Crippen LogP contribution in [0.3, 0.4) is 0 Å². The summed E-state index contributed by atoms with van der Waals surface area (Å²) in [5, 5.41) is 3.07. The number of likely N-dealkylation sites (N-methyl/N-ethyl adjacent to an activating group) is 2. The first-order valence-electron chi connectivity index (χ1n) is 11.9. The van der Waals surface area contributed by atoms with E-state index in [1.807, 2.05) is 19.2 Å². The van der Waals surface area contributed by atoms with Crippen molar-refractivity contribution in [3.05, 3.63) is 48.2 Å². The van der Waals surface area contributed by atoms with Crippen LogP contribution in [0.15, 0.2) is 42.6 Å². The highest BCUT2D eigenvalue weighted by Gasteiger charge is 2.32. The number of amides is 1. The van der Waals surface area contributed by atoms with Crippen LogP contribution in [0.25, 0.3) is 11.0 Å². The van der Waals surface area contributed by atoms with Crippen LogP contribution < -0.4 is 19.5 Å². The standard InChI is InChI=1S/C26H31N5O4/c1-30(15-17-4-8-22-23(14-17)35-13-12-34-22)18-5-7-21(31(2)16-18)26(32)28-20-10-11-27-19-6-9-24(33-3)29-25(19)20/h4,6,8-11,14,18,21H,5,7,12-13,15-16H2,1-3H3,(H,27,28,32). The topological polar surface area (TPSA) is 89.0 Å². The number of benzene rings is 1. The Morgan fingerprint density at radius 2 is 2.00 bits per heavy atom. The minimum Gasteiger partial charge on any atom is -0.486 e. The molecule has 2 aromatic heterocycles. The fourth-order valence-electron chi connectivity index (χ4n) is 4.85. The van der Waals surface area contributed by atoms with Crippen molar-refractivity contribution in [2.24, 2.45) is 0 Å². The van der Waals surface area contributed by atoms with Crippen molar-refractivity contribution in [2.75, 3.05) is 46.3 Å². The highest BCUT2D eigenvalue weighted by atomic mass is 16.6. The Labute approximate surface area is 205 Å². The minimum absolute atomic E-state index is 0.0300. The molecule has 0 radical (unpaired) electrons. The van der Waals surface area contributed by atoms with Crippen LogP contribution in [0.2, 0.25) is 0 Å². The van der Waals surface area contributed by atoms with Crippen LogP contribution >= 0.6 is 0 Å². The summed E-state index contributed by atoms with van der Waals surface area (Å²) in [6.45, 7) is 2.80. The fourth-order valence-corrected chi connectivity index (χ4v) is 4.85. The molecule has 2 atom stereocenters. The van der Waals surface area contributed by atoms with Gasteiger partial charge in [0.05, 0.1) is 24.4 Å². The predicted molar refractivity (Wildman–Crippen MR) is 133 cm³/mol. The molecule has 5 rings (SSSR count). The van der Waals surface area contributed by atoms with Gasteiger partial charge >= 0.3 is 0 Å². The molecule has 9 heteroatoms. The first-order chi connectivity index (χ1) is 17.0. The molecule has 184 valence electrons. The molecule has 35 heavy (non-hydrogen) atoms. The van der Waals surface area contributed by atoms with E-state index in [2.05, 4.69) is 44.3 Å². The molecular weight excluding hydrogens is 446 g/mol. The van der Waals surface area contributed by atoms with Gasteiger partial charge < -0.3 is 19.5 Å². The average molecular weight is 478 g/mol. The van der Waals surface area contributed by atoms with Crippen LogP contribution in [0.5, 0.6) is 17.4 Å². The van der Waals surface area contributed by atoms with E-state index >= 15 is 0 Å². The van der Waals surface area contributed by atoms with E-state index < -0.39 is 0 Å². The number of rotatable bonds is 6. The highest BCUT2D eigenvalue weighted by Crippen LogP contribution is 2.32. The van der Waals surface area contributed by atoms with Crippen molar-refractivity contribution in [1.29, 1.82) is 0 Å². The van der Waals surface area contributed by atoms with Gasteiger partial charge in [0.15, 0.2) is 11.5 Å². The molecule has 2 aliphatic rings. The second-order valence-corrected chi connectivity index (χ2v) is 9.15. The molecule has 0 saturated carbocycles. The number of methoxy groups -OCH3 is 1. The van der Waals surface area contributed by atoms with E-state index in [0.717, 1.165) is 37.4 Å². The average Bonchev–Trinajstić information content (AvgIpc) is 2.88. The lowest BCUT2D eigenvalue weighted by Crippen LogP contribution is -2.53. The lowest BCUT2D eigenvalue weighted by Gasteiger charge is -2.40. The van der Waals surface area contributed by atoms with Crippen molar-refractivity contribution in [3.63, 3.8) is 0 Å². The lowest BCUT2D eigenvalue weighted by atomic mass is 9.96. The smallest absolute Gasteiger partial charge is 0.241 e. The number of hydrogen-bond donors (Lipinski definition) is 1. The van der Waals surface area contributed by atoms with Gasteiger partial charge in [0.25, 0.3) is 0 Å². The van der Waals surface area contributed by atoms with Crippen molar-refractivity contribution >= 4 is 22.6 Å². The van der Waals surface area contributed by atoms with Crippen LogP contribution in [0.1, 0.15) is 18.4 Å². The number of nitrogens with zero attached hydrogens (tertiary/aromatic N) is 4. The number of carbonyl (C=O) groups excluding carboxylic acids is 1. The molecule has 0 bridgehead atoms. The van der Waals surface area contributed by atoms with E-state index in [4.69, 9.17) is 14.2 Å². The molecule has 1 saturated heterocycles. The molecule has 2 unspecified atom stereocenters. The maximum Gasteiger partial charge on any atom is 0.241 e. The largest absolute Gasteiger partial charge is 0.486 e. The summed E-state index contributed by atoms with van der Waals surface area (Å²) in [7, 11) is 5.72. The molecular formula is C26H31N5O4. The zero-order chi connectivity index (χ0) is 24.4. The van der Waals surface area contributed by atoms with Crippen LogP contribution in [0, 0.1) is 0 Å². The summed E-state index contributed by atoms with van der Waals surface area (Å²) in [5.74, 6) is 2.08. The van der Waals surface area contributed by atoms with Gasteiger partial charge in [-0.1, -0.05) is 6.07 Å². The fraction of sp³-hybridized carbons (Fsp3) is 0.423. The molecule has 0 spiro atoms. The molecule has 4 heterocycles. The van der Waals surface area contributed by atoms with E-state index in [0.29, 0.717) is 41.9 Å². The number of carbonyl (C=O) groups is 1. The number of fused-ring (bicyclic) bond motifs is 2. The number of anilines is 1. The van der Waals surface area contributed by atoms with E-state index in [1.54, 1.807) is 25.4 Å². The third kappa shape index (κ3) is 5.01. The van der Waals surface area contributed by atoms with Gasteiger partial charge in [-0.25, -0.2) is 4.98 Å². The Balaban J connectivity index is 1.21. The van der Waals surface area contributed by atoms with Crippen LogP contribution in [-0.4, -0.2) is 78.7 Å². The van der Waals surface area contributed by atoms with Gasteiger partial charge in [-0.15, -0.1) is 0 Å². The van der Waals surface area contributed by atoms with E-state index in [9.17, 15) is 4.79 Å². The number of likely N-dealkylation sites (tertiary alicyclic amines) is 1. The third-order valence-electron chi connectivity index (χ3n) is 6.79. The molecule has 1 aromatic carbocycles. The number of piperidine rings is 1. The number of pyridine rings is 2. The van der Waals surface area contributed by atoms with Gasteiger partial charge in [0.2, 0.25) is 11.8 Å². The zero-order valence-corrected chi connectivity index (χ0v) is 20.4. The second-order valence-electron chi connectivity index (χ2n) is 9.15. The van der Waals surface area contributed by atoms with Gasteiger partial charge in [-0.2, -0.15) is 0 Å². The number of hydrogen-bond acceptors (Lipinski definition) is 8. The molecule has 3 aromatic rings. The Hall–Kier alpha value is -3.43. The van der Waals surface area contributed by atoms with E-state index in [1.165, 1.54) is 5.56 Å². The summed E-state index contributed by atoms with van der Waals surface area (Å²) < 4.78 is 16.6. The van der Waals surface area contributed by atoms with Crippen LogP contribution in [-0.2, 0) is 11.3 Å². The number of nitrogens with one attached hydrogen (secondary N) is 1.